The predicted octanol–water partition coefficient (Wildman–Crippen LogP) is 5.71. The van der Waals surface area contributed by atoms with Crippen LogP contribution in [0.3, 0.4) is 0 Å². The minimum absolute atomic E-state index is 0.188. The van der Waals surface area contributed by atoms with Crippen molar-refractivity contribution in [3.05, 3.63) is 112 Å². The number of ketones is 1. The Kier molecular flexibility index (Phi) is 5.40. The molecule has 0 unspecified atom stereocenters. The largest absolute Gasteiger partial charge is 0.489 e. The van der Waals surface area contributed by atoms with E-state index in [2.05, 4.69) is 10.5 Å². The number of carbonyl (C=O) groups excluding carboxylic acids is 2. The minimum Gasteiger partial charge on any atom is -0.489 e. The molecule has 1 aliphatic rings. The van der Waals surface area contributed by atoms with E-state index in [4.69, 9.17) is 16.3 Å². The Hall–Kier alpha value is -3.96. The van der Waals surface area contributed by atoms with Gasteiger partial charge in [-0.15, -0.1) is 0 Å². The molecule has 0 atom stereocenters. The SMILES string of the molecule is Cc1cc(OCc2ccc(C(=O)NN=C3C(=O)c4cccc5cccc3c45)cc2)ccc1Cl. The molecular weight excluding hydrogens is 436 g/mol. The molecule has 5 nitrogen and oxygen atoms in total. The van der Waals surface area contributed by atoms with Gasteiger partial charge in [-0.3, -0.25) is 9.59 Å². The van der Waals surface area contributed by atoms with Gasteiger partial charge in [-0.1, -0.05) is 60.1 Å². The first kappa shape index (κ1) is 20.9. The second kappa shape index (κ2) is 8.52. The normalized spacial score (nSPS) is 13.5. The summed E-state index contributed by atoms with van der Waals surface area (Å²) in [5, 5.41) is 6.71. The lowest BCUT2D eigenvalue weighted by molar-refractivity contribution is 0.0955. The number of carbonyl (C=O) groups is 2. The molecule has 1 amide bonds. The van der Waals surface area contributed by atoms with Gasteiger partial charge in [0.15, 0.2) is 0 Å². The molecule has 4 aromatic rings. The monoisotopic (exact) mass is 454 g/mol. The van der Waals surface area contributed by atoms with Crippen LogP contribution in [-0.4, -0.2) is 17.4 Å². The summed E-state index contributed by atoms with van der Waals surface area (Å²) >= 11 is 6.04. The number of nitrogens with one attached hydrogen (secondary N) is 1. The number of amides is 1. The molecule has 33 heavy (non-hydrogen) atoms. The molecule has 0 heterocycles. The van der Waals surface area contributed by atoms with Crippen LogP contribution in [0, 0.1) is 6.92 Å². The molecule has 0 radical (unpaired) electrons. The standard InChI is InChI=1S/C27H19ClN2O3/c1-16-14-20(12-13-23(16)28)33-15-17-8-10-19(11-9-17)27(32)30-29-25-21-6-2-4-18-5-3-7-22(24(18)21)26(25)31/h2-14H,15H2,1H3,(H,30,32). The second-order valence-corrected chi connectivity index (χ2v) is 8.24. The molecule has 0 aromatic heterocycles. The Bertz CT molecular complexity index is 1440. The summed E-state index contributed by atoms with van der Waals surface area (Å²) in [6.07, 6.45) is 0. The van der Waals surface area contributed by atoms with E-state index < -0.39 is 0 Å². The summed E-state index contributed by atoms with van der Waals surface area (Å²) in [5.74, 6) is 0.151. The highest BCUT2D eigenvalue weighted by molar-refractivity contribution is 6.59. The number of nitrogens with zero attached hydrogens (tertiary/aromatic N) is 1. The van der Waals surface area contributed by atoms with Crippen LogP contribution in [-0.2, 0) is 6.61 Å². The molecule has 0 saturated heterocycles. The maximum Gasteiger partial charge on any atom is 0.271 e. The average molecular weight is 455 g/mol. The third-order valence-corrected chi connectivity index (χ3v) is 6.06. The molecule has 0 spiro atoms. The van der Waals surface area contributed by atoms with E-state index in [1.165, 1.54) is 0 Å². The predicted molar refractivity (Wildman–Crippen MR) is 129 cm³/mol. The fourth-order valence-corrected chi connectivity index (χ4v) is 4.00. The molecule has 6 heteroatoms. The van der Waals surface area contributed by atoms with Crippen LogP contribution >= 0.6 is 11.6 Å². The van der Waals surface area contributed by atoms with E-state index >= 15 is 0 Å². The van der Waals surface area contributed by atoms with Crippen molar-refractivity contribution in [2.45, 2.75) is 13.5 Å². The van der Waals surface area contributed by atoms with Gasteiger partial charge >= 0.3 is 0 Å². The van der Waals surface area contributed by atoms with Gasteiger partial charge in [-0.2, -0.15) is 5.10 Å². The van der Waals surface area contributed by atoms with Gasteiger partial charge in [0.1, 0.15) is 18.1 Å². The van der Waals surface area contributed by atoms with Crippen molar-refractivity contribution in [2.24, 2.45) is 5.10 Å². The Labute approximate surface area is 195 Å². The number of benzene rings is 4. The molecule has 0 fully saturated rings. The van der Waals surface area contributed by atoms with E-state index in [1.807, 2.05) is 61.5 Å². The third kappa shape index (κ3) is 3.99. The first-order valence-electron chi connectivity index (χ1n) is 10.4. The van der Waals surface area contributed by atoms with Crippen LogP contribution < -0.4 is 10.2 Å². The van der Waals surface area contributed by atoms with Crippen molar-refractivity contribution in [1.29, 1.82) is 0 Å². The average Bonchev–Trinajstić information content (AvgIpc) is 3.11. The number of rotatable bonds is 5. The first-order valence-corrected chi connectivity index (χ1v) is 10.8. The molecule has 1 aliphatic carbocycles. The van der Waals surface area contributed by atoms with E-state index in [1.54, 1.807) is 24.3 Å². The Morgan fingerprint density at radius 3 is 2.42 bits per heavy atom. The fourth-order valence-electron chi connectivity index (χ4n) is 3.89. The molecule has 0 saturated carbocycles. The first-order chi connectivity index (χ1) is 16.0. The zero-order valence-corrected chi connectivity index (χ0v) is 18.5. The number of hydrogen-bond acceptors (Lipinski definition) is 4. The van der Waals surface area contributed by atoms with E-state index in [0.717, 1.165) is 33.2 Å². The van der Waals surface area contributed by atoms with Gasteiger partial charge in [-0.05, 0) is 53.8 Å². The fraction of sp³-hybridized carbons (Fsp3) is 0.0741. The van der Waals surface area contributed by atoms with Crippen molar-refractivity contribution >= 4 is 39.8 Å². The highest BCUT2D eigenvalue weighted by atomic mass is 35.5. The number of Topliss-reactive ketones (excluding diaryl/α,β-unsaturated/α-hetero) is 1. The van der Waals surface area contributed by atoms with Crippen LogP contribution in [0.25, 0.3) is 10.8 Å². The molecule has 5 rings (SSSR count). The van der Waals surface area contributed by atoms with Crippen molar-refractivity contribution in [2.75, 3.05) is 0 Å². The van der Waals surface area contributed by atoms with Gasteiger partial charge in [0.05, 0.1) is 0 Å². The highest BCUT2D eigenvalue weighted by Gasteiger charge is 2.28. The quantitative estimate of drug-likeness (QED) is 0.393. The van der Waals surface area contributed by atoms with E-state index in [9.17, 15) is 9.59 Å². The number of aryl methyl sites for hydroxylation is 1. The second-order valence-electron chi connectivity index (χ2n) is 7.84. The van der Waals surface area contributed by atoms with E-state index in [0.29, 0.717) is 22.8 Å². The summed E-state index contributed by atoms with van der Waals surface area (Å²) in [6, 6.07) is 23.8. The van der Waals surface area contributed by atoms with Crippen LogP contribution in [0.4, 0.5) is 0 Å². The summed E-state index contributed by atoms with van der Waals surface area (Å²) < 4.78 is 5.79. The molecule has 4 aromatic carbocycles. The Morgan fingerprint density at radius 2 is 1.70 bits per heavy atom. The van der Waals surface area contributed by atoms with Crippen LogP contribution in [0.1, 0.15) is 37.4 Å². The summed E-state index contributed by atoms with van der Waals surface area (Å²) in [6.45, 7) is 2.28. The molecule has 1 N–H and O–H groups in total. The lowest BCUT2D eigenvalue weighted by Gasteiger charge is -2.08. The number of hydrazone groups is 1. The van der Waals surface area contributed by atoms with Crippen LogP contribution in [0.2, 0.25) is 5.02 Å². The van der Waals surface area contributed by atoms with Gasteiger partial charge in [0.2, 0.25) is 5.78 Å². The molecule has 162 valence electrons. The van der Waals surface area contributed by atoms with Crippen molar-refractivity contribution in [3.63, 3.8) is 0 Å². The van der Waals surface area contributed by atoms with Gasteiger partial charge < -0.3 is 4.74 Å². The topological polar surface area (TPSA) is 67.8 Å². The number of ether oxygens (including phenoxy) is 1. The maximum absolute atomic E-state index is 12.8. The van der Waals surface area contributed by atoms with Crippen LogP contribution in [0.5, 0.6) is 5.75 Å². The van der Waals surface area contributed by atoms with Crippen molar-refractivity contribution in [1.82, 2.24) is 5.43 Å². The Balaban J connectivity index is 1.27. The minimum atomic E-state index is -0.390. The highest BCUT2D eigenvalue weighted by Crippen LogP contribution is 2.30. The third-order valence-electron chi connectivity index (χ3n) is 5.64. The van der Waals surface area contributed by atoms with E-state index in [-0.39, 0.29) is 17.4 Å². The summed E-state index contributed by atoms with van der Waals surface area (Å²) in [7, 11) is 0. The van der Waals surface area contributed by atoms with Gasteiger partial charge in [0.25, 0.3) is 5.91 Å². The van der Waals surface area contributed by atoms with Crippen LogP contribution in [0.15, 0.2) is 84.0 Å². The lowest BCUT2D eigenvalue weighted by atomic mass is 10.1. The summed E-state index contributed by atoms with van der Waals surface area (Å²) in [5.41, 5.74) is 6.41. The number of halogens is 1. The zero-order chi connectivity index (χ0) is 22.9. The molecular formula is C27H19ClN2O3. The Morgan fingerprint density at radius 1 is 0.970 bits per heavy atom. The molecule has 0 bridgehead atoms. The van der Waals surface area contributed by atoms with Crippen molar-refractivity contribution in [3.8, 4) is 5.75 Å². The maximum atomic E-state index is 12.8. The zero-order valence-electron chi connectivity index (χ0n) is 17.8. The number of hydrogen-bond donors (Lipinski definition) is 1. The smallest absolute Gasteiger partial charge is 0.271 e. The van der Waals surface area contributed by atoms with Crippen molar-refractivity contribution < 1.29 is 14.3 Å². The summed E-state index contributed by atoms with van der Waals surface area (Å²) in [4.78, 5) is 25.4. The van der Waals surface area contributed by atoms with Gasteiger partial charge in [-0.25, -0.2) is 5.43 Å². The lowest BCUT2D eigenvalue weighted by Crippen LogP contribution is -2.22. The molecule has 0 aliphatic heterocycles. The van der Waals surface area contributed by atoms with Gasteiger partial charge in [0, 0.05) is 27.1 Å².